The molecule has 6 rings (SSSR count). The number of ether oxygens (including phenoxy) is 3. The topological polar surface area (TPSA) is 115 Å². The molecule has 1 aliphatic heterocycles. The van der Waals surface area contributed by atoms with Gasteiger partial charge in [-0.25, -0.2) is 4.99 Å². The second kappa shape index (κ2) is 14.2. The Morgan fingerprint density at radius 2 is 1.75 bits per heavy atom. The number of nitriles is 1. The van der Waals surface area contributed by atoms with Gasteiger partial charge >= 0.3 is 0 Å². The molecule has 0 saturated heterocycles. The highest BCUT2D eigenvalue weighted by molar-refractivity contribution is 7.07. The molecule has 1 amide bonds. The number of para-hydroxylation sites is 1. The molecule has 9 nitrogen and oxygen atoms in total. The molecule has 2 heterocycles. The van der Waals surface area contributed by atoms with Crippen LogP contribution in [0.1, 0.15) is 42.1 Å². The maximum atomic E-state index is 14.2. The van der Waals surface area contributed by atoms with Gasteiger partial charge in [0.1, 0.15) is 12.4 Å². The fraction of sp³-hybridized carbons (Fsp3) is 0.158. The van der Waals surface area contributed by atoms with Gasteiger partial charge in [0, 0.05) is 11.3 Å². The van der Waals surface area contributed by atoms with Crippen molar-refractivity contribution < 1.29 is 19.0 Å². The lowest BCUT2D eigenvalue weighted by Crippen LogP contribution is -2.40. The molecule has 5 aromatic rings. The number of carbonyl (C=O) groups is 1. The van der Waals surface area contributed by atoms with Crippen molar-refractivity contribution in [2.45, 2.75) is 26.5 Å². The molecule has 0 saturated carbocycles. The summed E-state index contributed by atoms with van der Waals surface area (Å²) in [7, 11) is 1.55. The monoisotopic (exact) mass is 656 g/mol. The summed E-state index contributed by atoms with van der Waals surface area (Å²) in [4.78, 5) is 33.2. The van der Waals surface area contributed by atoms with Crippen LogP contribution in [0.3, 0.4) is 0 Å². The summed E-state index contributed by atoms with van der Waals surface area (Å²) >= 11 is 1.25. The lowest BCUT2D eigenvalue weighted by Gasteiger charge is -2.25. The zero-order valence-corrected chi connectivity index (χ0v) is 27.4. The number of hydrogen-bond donors (Lipinski definition) is 1. The Kier molecular flexibility index (Phi) is 9.50. The number of benzene rings is 4. The fourth-order valence-electron chi connectivity index (χ4n) is 5.52. The van der Waals surface area contributed by atoms with Crippen LogP contribution in [0.2, 0.25) is 0 Å². The van der Waals surface area contributed by atoms with Gasteiger partial charge in [-0.2, -0.15) is 5.26 Å². The Balaban J connectivity index is 1.38. The molecule has 0 fully saturated rings. The third-order valence-electron chi connectivity index (χ3n) is 7.81. The van der Waals surface area contributed by atoms with Crippen molar-refractivity contribution in [1.29, 1.82) is 5.26 Å². The molecule has 240 valence electrons. The van der Waals surface area contributed by atoms with Crippen LogP contribution in [-0.4, -0.2) is 24.2 Å². The SMILES string of the molecule is CCOc1ccc([C@@H]2C(C(=O)Nc3ccccc3)=C(C)N=c3s/c(=C/c4ccc(OCc5ccccc5C#N)c(OC)c4)c(=O)n32)cc1. The van der Waals surface area contributed by atoms with Crippen LogP contribution in [0, 0.1) is 11.3 Å². The van der Waals surface area contributed by atoms with Crippen LogP contribution in [-0.2, 0) is 11.4 Å². The number of anilines is 1. The number of carbonyl (C=O) groups excluding carboxylic acids is 1. The molecule has 1 N–H and O–H groups in total. The zero-order chi connectivity index (χ0) is 33.6. The lowest BCUT2D eigenvalue weighted by molar-refractivity contribution is -0.113. The van der Waals surface area contributed by atoms with E-state index in [-0.39, 0.29) is 18.1 Å². The van der Waals surface area contributed by atoms with Crippen LogP contribution in [0.25, 0.3) is 6.08 Å². The Morgan fingerprint density at radius 1 is 1.00 bits per heavy atom. The Bertz CT molecular complexity index is 2230. The second-order valence-electron chi connectivity index (χ2n) is 10.9. The number of methoxy groups -OCH3 is 1. The quantitative estimate of drug-likeness (QED) is 0.205. The molecule has 10 heteroatoms. The minimum absolute atomic E-state index is 0.198. The molecule has 4 aromatic carbocycles. The summed E-state index contributed by atoms with van der Waals surface area (Å²) in [5.41, 5.74) is 4.05. The molecule has 1 atom stereocenters. The van der Waals surface area contributed by atoms with Crippen LogP contribution < -0.4 is 34.4 Å². The molecule has 0 aliphatic carbocycles. The highest BCUT2D eigenvalue weighted by Crippen LogP contribution is 2.32. The number of fused-ring (bicyclic) bond motifs is 1. The van der Waals surface area contributed by atoms with E-state index < -0.39 is 6.04 Å². The van der Waals surface area contributed by atoms with Gasteiger partial charge in [0.05, 0.1) is 47.2 Å². The maximum Gasteiger partial charge on any atom is 0.271 e. The molecular formula is C38H32N4O5S. The minimum Gasteiger partial charge on any atom is -0.494 e. The van der Waals surface area contributed by atoms with Gasteiger partial charge in [0.15, 0.2) is 16.3 Å². The first-order chi connectivity index (χ1) is 23.4. The molecule has 0 bridgehead atoms. The average Bonchev–Trinajstić information content (AvgIpc) is 3.41. The van der Waals surface area contributed by atoms with E-state index in [1.165, 1.54) is 11.3 Å². The smallest absolute Gasteiger partial charge is 0.271 e. The maximum absolute atomic E-state index is 14.2. The lowest BCUT2D eigenvalue weighted by atomic mass is 9.95. The molecule has 1 aliphatic rings. The van der Waals surface area contributed by atoms with Crippen LogP contribution in [0.15, 0.2) is 118 Å². The minimum atomic E-state index is -0.718. The van der Waals surface area contributed by atoms with Crippen molar-refractivity contribution in [1.82, 2.24) is 4.57 Å². The predicted molar refractivity (Wildman–Crippen MR) is 185 cm³/mol. The summed E-state index contributed by atoms with van der Waals surface area (Å²) in [5, 5.41) is 12.4. The molecule has 0 unspecified atom stereocenters. The largest absolute Gasteiger partial charge is 0.494 e. The molecule has 0 radical (unpaired) electrons. The van der Waals surface area contributed by atoms with E-state index in [9.17, 15) is 14.9 Å². The summed E-state index contributed by atoms with van der Waals surface area (Å²) < 4.78 is 19.3. The van der Waals surface area contributed by atoms with E-state index in [1.54, 1.807) is 42.9 Å². The van der Waals surface area contributed by atoms with Crippen LogP contribution in [0.4, 0.5) is 5.69 Å². The van der Waals surface area contributed by atoms with Gasteiger partial charge in [-0.15, -0.1) is 0 Å². The molecule has 0 spiro atoms. The molecule has 1 aromatic heterocycles. The Morgan fingerprint density at radius 3 is 2.48 bits per heavy atom. The van der Waals surface area contributed by atoms with E-state index in [4.69, 9.17) is 19.2 Å². The van der Waals surface area contributed by atoms with Gasteiger partial charge in [0.25, 0.3) is 11.5 Å². The number of thiazole rings is 1. The summed E-state index contributed by atoms with van der Waals surface area (Å²) in [6.45, 7) is 4.42. The van der Waals surface area contributed by atoms with E-state index in [1.807, 2.05) is 85.8 Å². The van der Waals surface area contributed by atoms with Crippen molar-refractivity contribution in [3.63, 3.8) is 0 Å². The first kappa shape index (κ1) is 32.0. The van der Waals surface area contributed by atoms with E-state index in [0.717, 1.165) is 16.7 Å². The zero-order valence-electron chi connectivity index (χ0n) is 26.6. The third kappa shape index (κ3) is 6.63. The Hall–Kier alpha value is -5.92. The molecular weight excluding hydrogens is 625 g/mol. The number of allylic oxidation sites excluding steroid dienone is 1. The van der Waals surface area contributed by atoms with Crippen molar-refractivity contribution in [2.75, 3.05) is 19.0 Å². The second-order valence-corrected chi connectivity index (χ2v) is 11.9. The van der Waals surface area contributed by atoms with Gasteiger partial charge in [-0.3, -0.25) is 14.2 Å². The van der Waals surface area contributed by atoms with Gasteiger partial charge < -0.3 is 19.5 Å². The standard InChI is InChI=1S/C38H32N4O5S/c1-4-46-30-17-15-26(16-18-30)35-34(36(43)41-29-12-6-5-7-13-29)24(2)40-38-42(35)37(44)33(48-38)21-25-14-19-31(32(20-25)45-3)47-23-28-11-9-8-10-27(28)22-39/h5-21,35H,4,23H2,1-3H3,(H,41,43)/b33-21+/t35-/m1/s1. The van der Waals surface area contributed by atoms with Gasteiger partial charge in [-0.05, 0) is 73.5 Å². The van der Waals surface area contributed by atoms with Crippen LogP contribution >= 0.6 is 11.3 Å². The number of nitrogens with one attached hydrogen (secondary N) is 1. The summed E-state index contributed by atoms with van der Waals surface area (Å²) in [5.74, 6) is 1.34. The van der Waals surface area contributed by atoms with Crippen molar-refractivity contribution in [3.8, 4) is 23.3 Å². The normalized spacial score (nSPS) is 14.0. The van der Waals surface area contributed by atoms with E-state index >= 15 is 0 Å². The van der Waals surface area contributed by atoms with E-state index in [0.29, 0.717) is 55.7 Å². The molecule has 48 heavy (non-hydrogen) atoms. The summed E-state index contributed by atoms with van der Waals surface area (Å²) in [6.07, 6.45) is 1.78. The first-order valence-corrected chi connectivity index (χ1v) is 16.1. The van der Waals surface area contributed by atoms with Crippen molar-refractivity contribution >= 4 is 29.0 Å². The number of amides is 1. The highest BCUT2D eigenvalue weighted by atomic mass is 32.1. The van der Waals surface area contributed by atoms with Crippen molar-refractivity contribution in [3.05, 3.63) is 150 Å². The first-order valence-electron chi connectivity index (χ1n) is 15.3. The van der Waals surface area contributed by atoms with Crippen LogP contribution in [0.5, 0.6) is 17.2 Å². The number of nitrogens with zero attached hydrogens (tertiary/aromatic N) is 3. The number of aromatic nitrogens is 1. The fourth-order valence-corrected chi connectivity index (χ4v) is 6.56. The highest BCUT2D eigenvalue weighted by Gasteiger charge is 2.32. The predicted octanol–water partition coefficient (Wildman–Crippen LogP) is 5.73. The number of hydrogen-bond acceptors (Lipinski definition) is 8. The van der Waals surface area contributed by atoms with E-state index in [2.05, 4.69) is 11.4 Å². The third-order valence-corrected chi connectivity index (χ3v) is 8.79. The number of rotatable bonds is 10. The Labute approximate surface area is 281 Å². The van der Waals surface area contributed by atoms with Gasteiger partial charge in [0.2, 0.25) is 0 Å². The average molecular weight is 657 g/mol. The van der Waals surface area contributed by atoms with Gasteiger partial charge in [-0.1, -0.05) is 65.9 Å². The summed E-state index contributed by atoms with van der Waals surface area (Å²) in [6, 6.07) is 30.7. The van der Waals surface area contributed by atoms with Crippen molar-refractivity contribution in [2.24, 2.45) is 4.99 Å².